The molecule has 168 valence electrons. The van der Waals surface area contributed by atoms with Crippen molar-refractivity contribution < 1.29 is 49.8 Å². The molecule has 1 aliphatic heterocycles. The maximum Gasteiger partial charge on any atom is 0.453 e. The highest BCUT2D eigenvalue weighted by Crippen LogP contribution is 2.57. The van der Waals surface area contributed by atoms with Crippen molar-refractivity contribution in [2.45, 2.75) is 72.5 Å². The highest BCUT2D eigenvalue weighted by molar-refractivity contribution is 8.21. The Hall–Kier alpha value is -0.850. The lowest BCUT2D eigenvalue weighted by molar-refractivity contribution is -0.283. The van der Waals surface area contributed by atoms with E-state index in [4.69, 9.17) is 4.74 Å². The number of ether oxygens (including phenoxy) is 2. The van der Waals surface area contributed by atoms with E-state index in [1.807, 2.05) is 0 Å². The van der Waals surface area contributed by atoms with E-state index in [-0.39, 0.29) is 0 Å². The van der Waals surface area contributed by atoms with Crippen LogP contribution in [0.15, 0.2) is 0 Å². The maximum absolute atomic E-state index is 13.2. The topological polar surface area (TPSA) is 52.6 Å². The van der Waals surface area contributed by atoms with E-state index in [2.05, 4.69) is 4.74 Å². The van der Waals surface area contributed by atoms with Gasteiger partial charge in [-0.05, 0) is 19.3 Å². The van der Waals surface area contributed by atoms with Gasteiger partial charge in [-0.25, -0.2) is 4.79 Å². The zero-order chi connectivity index (χ0) is 22.1. The minimum Gasteiger partial charge on any atom is -0.464 e. The second-order valence-corrected chi connectivity index (χ2v) is 10.2. The molecule has 1 saturated carbocycles. The van der Waals surface area contributed by atoms with Gasteiger partial charge in [0, 0.05) is 17.9 Å². The van der Waals surface area contributed by atoms with Crippen LogP contribution in [0.25, 0.3) is 0 Å². The molecule has 0 bridgehead atoms. The fraction of sp³-hybridized carbons (Fsp3) is 0.875. The fourth-order valence-electron chi connectivity index (χ4n) is 2.95. The first-order valence-electron chi connectivity index (χ1n) is 8.67. The summed E-state index contributed by atoms with van der Waals surface area (Å²) in [6, 6.07) is 0. The minimum absolute atomic E-state index is 0.337. The summed E-state index contributed by atoms with van der Waals surface area (Å²) in [5.74, 6) is -11.8. The van der Waals surface area contributed by atoms with Gasteiger partial charge in [0.05, 0.1) is 4.08 Å². The van der Waals surface area contributed by atoms with Crippen LogP contribution in [0.4, 0.5) is 30.7 Å². The highest BCUT2D eigenvalue weighted by Gasteiger charge is 2.59. The molecule has 0 radical (unpaired) electrons. The third-order valence-electron chi connectivity index (χ3n) is 4.43. The van der Waals surface area contributed by atoms with Crippen molar-refractivity contribution in [1.29, 1.82) is 0 Å². The lowest BCUT2D eigenvalue weighted by atomic mass is 9.96. The molecule has 0 aromatic carbocycles. The Balaban J connectivity index is 1.92. The van der Waals surface area contributed by atoms with Crippen molar-refractivity contribution >= 4 is 35.5 Å². The largest absolute Gasteiger partial charge is 0.464 e. The van der Waals surface area contributed by atoms with E-state index in [1.165, 1.54) is 23.5 Å². The summed E-state index contributed by atoms with van der Waals surface area (Å²) in [4.78, 5) is 22.9. The highest BCUT2D eigenvalue weighted by atomic mass is 32.2. The summed E-state index contributed by atoms with van der Waals surface area (Å²) >= 11 is 2.54. The standard InChI is InChI=1S/C16H19F7O4S2/c1-13(17,18)12(25)27-10-4-2-3-5-14(10)28-8-9(29-14)7-26-11(24)6-15(19,20)16(21,22)23/h9-10H,2-8H2,1H3. The first kappa shape index (κ1) is 24.4. The second kappa shape index (κ2) is 8.72. The lowest BCUT2D eigenvalue weighted by Crippen LogP contribution is -2.44. The first-order valence-corrected chi connectivity index (χ1v) is 10.5. The minimum atomic E-state index is -5.85. The van der Waals surface area contributed by atoms with Gasteiger partial charge in [0.25, 0.3) is 0 Å². The molecule has 4 nitrogen and oxygen atoms in total. The van der Waals surface area contributed by atoms with Gasteiger partial charge in [-0.3, -0.25) is 4.79 Å². The van der Waals surface area contributed by atoms with Gasteiger partial charge in [-0.15, -0.1) is 23.5 Å². The van der Waals surface area contributed by atoms with Crippen molar-refractivity contribution in [3.63, 3.8) is 0 Å². The summed E-state index contributed by atoms with van der Waals surface area (Å²) in [7, 11) is 0. The Kier molecular flexibility index (Phi) is 7.34. The van der Waals surface area contributed by atoms with Gasteiger partial charge in [0.15, 0.2) is 0 Å². The van der Waals surface area contributed by atoms with Crippen LogP contribution in [-0.2, 0) is 19.1 Å². The zero-order valence-corrected chi connectivity index (χ0v) is 16.8. The monoisotopic (exact) mass is 472 g/mol. The molecule has 2 aliphatic rings. The predicted octanol–water partition coefficient (Wildman–Crippen LogP) is 4.80. The molecular weight excluding hydrogens is 453 g/mol. The maximum atomic E-state index is 13.2. The third-order valence-corrected chi connectivity index (χ3v) is 8.31. The molecule has 13 heteroatoms. The first-order chi connectivity index (χ1) is 13.2. The third kappa shape index (κ3) is 6.08. The molecule has 2 fully saturated rings. The number of hydrogen-bond donors (Lipinski definition) is 0. The number of hydrogen-bond acceptors (Lipinski definition) is 6. The van der Waals surface area contributed by atoms with E-state index >= 15 is 0 Å². The average molecular weight is 472 g/mol. The summed E-state index contributed by atoms with van der Waals surface area (Å²) in [5.41, 5.74) is 0. The number of carbonyl (C=O) groups is 2. The SMILES string of the molecule is CC(F)(F)C(=O)OC1CCCCC12SCC(COC(=O)CC(F)(F)C(F)(F)F)S2. The number of halogens is 7. The second-order valence-electron chi connectivity index (χ2n) is 6.95. The number of carbonyl (C=O) groups excluding carboxylic acids is 2. The average Bonchev–Trinajstić information content (AvgIpc) is 2.96. The van der Waals surface area contributed by atoms with Gasteiger partial charge in [0.2, 0.25) is 0 Å². The summed E-state index contributed by atoms with van der Waals surface area (Å²) in [6.45, 7) is 0.0234. The summed E-state index contributed by atoms with van der Waals surface area (Å²) < 4.78 is 97.4. The van der Waals surface area contributed by atoms with E-state index in [0.29, 0.717) is 31.9 Å². The van der Waals surface area contributed by atoms with Crippen LogP contribution in [0.2, 0.25) is 0 Å². The van der Waals surface area contributed by atoms with Crippen molar-refractivity contribution in [3.05, 3.63) is 0 Å². The Morgan fingerprint density at radius 3 is 2.34 bits per heavy atom. The molecule has 0 amide bonds. The van der Waals surface area contributed by atoms with Crippen molar-refractivity contribution in [3.8, 4) is 0 Å². The molecule has 3 unspecified atom stereocenters. The summed E-state index contributed by atoms with van der Waals surface area (Å²) in [6.07, 6.45) is -6.45. The summed E-state index contributed by atoms with van der Waals surface area (Å²) in [5, 5.41) is -0.454. The van der Waals surface area contributed by atoms with Gasteiger partial charge < -0.3 is 9.47 Å². The predicted molar refractivity (Wildman–Crippen MR) is 92.1 cm³/mol. The van der Waals surface area contributed by atoms with Crippen molar-refractivity contribution in [1.82, 2.24) is 0 Å². The molecule has 1 heterocycles. The Morgan fingerprint density at radius 2 is 1.76 bits per heavy atom. The lowest BCUT2D eigenvalue weighted by Gasteiger charge is -2.39. The van der Waals surface area contributed by atoms with Gasteiger partial charge in [0.1, 0.15) is 19.1 Å². The van der Waals surface area contributed by atoms with Crippen molar-refractivity contribution in [2.75, 3.05) is 12.4 Å². The van der Waals surface area contributed by atoms with E-state index in [9.17, 15) is 40.3 Å². The van der Waals surface area contributed by atoms with Gasteiger partial charge in [-0.2, -0.15) is 30.7 Å². The van der Waals surface area contributed by atoms with Crippen LogP contribution >= 0.6 is 23.5 Å². The Bertz CT molecular complexity index is 623. The van der Waals surface area contributed by atoms with Crippen LogP contribution in [0.1, 0.15) is 39.0 Å². The van der Waals surface area contributed by atoms with Crippen LogP contribution < -0.4 is 0 Å². The number of alkyl halides is 7. The molecule has 0 N–H and O–H groups in total. The Morgan fingerprint density at radius 1 is 1.10 bits per heavy atom. The van der Waals surface area contributed by atoms with Crippen LogP contribution in [-0.4, -0.2) is 57.8 Å². The van der Waals surface area contributed by atoms with Gasteiger partial charge >= 0.3 is 30.0 Å². The Labute approximate surface area is 170 Å². The number of esters is 2. The molecule has 1 aliphatic carbocycles. The normalized spacial score (nSPS) is 28.4. The quantitative estimate of drug-likeness (QED) is 0.409. The van der Waals surface area contributed by atoms with Gasteiger partial charge in [-0.1, -0.05) is 6.42 Å². The van der Waals surface area contributed by atoms with E-state index in [1.54, 1.807) is 0 Å². The molecule has 0 aromatic heterocycles. The van der Waals surface area contributed by atoms with E-state index < -0.39 is 58.4 Å². The van der Waals surface area contributed by atoms with Crippen molar-refractivity contribution in [2.24, 2.45) is 0 Å². The molecule has 1 spiro atoms. The van der Waals surface area contributed by atoms with E-state index in [0.717, 1.165) is 6.42 Å². The molecule has 29 heavy (non-hydrogen) atoms. The molecular formula is C16H19F7O4S2. The van der Waals surface area contributed by atoms with Crippen LogP contribution in [0.3, 0.4) is 0 Å². The fourth-order valence-corrected chi connectivity index (χ4v) is 6.79. The molecule has 0 aromatic rings. The molecule has 1 saturated heterocycles. The molecule has 2 rings (SSSR count). The molecule has 3 atom stereocenters. The number of thioether (sulfide) groups is 2. The van der Waals surface area contributed by atoms with Crippen LogP contribution in [0, 0.1) is 0 Å². The smallest absolute Gasteiger partial charge is 0.453 e. The zero-order valence-electron chi connectivity index (χ0n) is 15.2. The number of rotatable bonds is 6. The van der Waals surface area contributed by atoms with Crippen LogP contribution in [0.5, 0.6) is 0 Å².